The lowest BCUT2D eigenvalue weighted by atomic mass is 10.2. The van der Waals surface area contributed by atoms with Crippen LogP contribution in [0.15, 0.2) is 47.1 Å². The first kappa shape index (κ1) is 15.9. The van der Waals surface area contributed by atoms with Crippen molar-refractivity contribution in [2.24, 2.45) is 0 Å². The van der Waals surface area contributed by atoms with Gasteiger partial charge >= 0.3 is 0 Å². The number of ether oxygens (including phenoxy) is 1. The van der Waals surface area contributed by atoms with Gasteiger partial charge in [0.25, 0.3) is 0 Å². The van der Waals surface area contributed by atoms with Crippen LogP contribution in [0, 0.1) is 0 Å². The molecule has 0 radical (unpaired) electrons. The zero-order chi connectivity index (χ0) is 15.8. The summed E-state index contributed by atoms with van der Waals surface area (Å²) in [5, 5.41) is 6.05. The molecule has 1 aromatic heterocycles. The molecule has 0 aliphatic carbocycles. The van der Waals surface area contributed by atoms with E-state index in [0.29, 0.717) is 19.5 Å². The van der Waals surface area contributed by atoms with E-state index in [0.717, 1.165) is 17.2 Å². The molecule has 0 saturated carbocycles. The van der Waals surface area contributed by atoms with Gasteiger partial charge < -0.3 is 19.8 Å². The first-order valence-corrected chi connectivity index (χ1v) is 7.44. The lowest BCUT2D eigenvalue weighted by Crippen LogP contribution is -2.24. The minimum absolute atomic E-state index is 0.0221. The maximum Gasteiger partial charge on any atom is 0.222 e. The fourth-order valence-corrected chi connectivity index (χ4v) is 1.97. The zero-order valence-electron chi connectivity index (χ0n) is 13.0. The Bertz CT molecular complexity index is 579. The van der Waals surface area contributed by atoms with E-state index in [1.54, 1.807) is 12.3 Å². The Morgan fingerprint density at radius 2 is 2.05 bits per heavy atom. The molecule has 0 fully saturated rings. The Morgan fingerprint density at radius 1 is 1.23 bits per heavy atom. The van der Waals surface area contributed by atoms with Crippen LogP contribution in [0.3, 0.4) is 0 Å². The van der Waals surface area contributed by atoms with Gasteiger partial charge in [-0.2, -0.15) is 0 Å². The van der Waals surface area contributed by atoms with E-state index >= 15 is 0 Å². The second-order valence-corrected chi connectivity index (χ2v) is 5.20. The minimum Gasteiger partial charge on any atom is -0.489 e. The number of para-hydroxylation sites is 2. The van der Waals surface area contributed by atoms with Crippen molar-refractivity contribution < 1.29 is 13.9 Å². The molecule has 0 bridgehead atoms. The lowest BCUT2D eigenvalue weighted by Gasteiger charge is -2.15. The summed E-state index contributed by atoms with van der Waals surface area (Å²) in [6.45, 7) is 4.93. The average molecular weight is 302 g/mol. The fraction of sp³-hybridized carbons (Fsp3) is 0.353. The number of carbonyl (C=O) groups is 1. The molecule has 22 heavy (non-hydrogen) atoms. The number of rotatable bonds is 8. The van der Waals surface area contributed by atoms with Crippen LogP contribution in [0.5, 0.6) is 5.75 Å². The van der Waals surface area contributed by atoms with Gasteiger partial charge in [0.05, 0.1) is 24.6 Å². The predicted octanol–water partition coefficient (Wildman–Crippen LogP) is 3.19. The SMILES string of the molecule is CC(C)Oc1ccccc1NCCC(=O)NCc1ccco1. The number of hydrogen-bond acceptors (Lipinski definition) is 4. The molecule has 0 spiro atoms. The van der Waals surface area contributed by atoms with E-state index in [1.807, 2.05) is 44.2 Å². The summed E-state index contributed by atoms with van der Waals surface area (Å²) in [7, 11) is 0. The first-order valence-electron chi connectivity index (χ1n) is 7.44. The van der Waals surface area contributed by atoms with Gasteiger partial charge in [-0.05, 0) is 38.1 Å². The van der Waals surface area contributed by atoms with Gasteiger partial charge in [0.1, 0.15) is 11.5 Å². The van der Waals surface area contributed by atoms with Crippen molar-refractivity contribution in [3.8, 4) is 5.75 Å². The van der Waals surface area contributed by atoms with Gasteiger partial charge in [-0.1, -0.05) is 12.1 Å². The molecule has 118 valence electrons. The Labute approximate surface area is 130 Å². The number of amides is 1. The normalized spacial score (nSPS) is 10.5. The van der Waals surface area contributed by atoms with Crippen molar-refractivity contribution in [1.82, 2.24) is 5.32 Å². The Kier molecular flexibility index (Phi) is 5.89. The number of carbonyl (C=O) groups excluding carboxylic acids is 1. The number of anilines is 1. The summed E-state index contributed by atoms with van der Waals surface area (Å²) in [6.07, 6.45) is 2.09. The maximum atomic E-state index is 11.8. The molecule has 5 heteroatoms. The molecular formula is C17H22N2O3. The van der Waals surface area contributed by atoms with Crippen LogP contribution in [-0.2, 0) is 11.3 Å². The topological polar surface area (TPSA) is 63.5 Å². The smallest absolute Gasteiger partial charge is 0.222 e. The van der Waals surface area contributed by atoms with Gasteiger partial charge in [0.15, 0.2) is 0 Å². The van der Waals surface area contributed by atoms with E-state index in [9.17, 15) is 4.79 Å². The van der Waals surface area contributed by atoms with Gasteiger partial charge in [0, 0.05) is 13.0 Å². The molecule has 1 amide bonds. The van der Waals surface area contributed by atoms with Crippen LogP contribution in [0.2, 0.25) is 0 Å². The van der Waals surface area contributed by atoms with Crippen molar-refractivity contribution in [2.45, 2.75) is 32.9 Å². The van der Waals surface area contributed by atoms with Crippen molar-refractivity contribution in [3.63, 3.8) is 0 Å². The quantitative estimate of drug-likeness (QED) is 0.786. The van der Waals surface area contributed by atoms with Crippen LogP contribution < -0.4 is 15.4 Å². The highest BCUT2D eigenvalue weighted by Crippen LogP contribution is 2.24. The molecule has 0 atom stereocenters. The van der Waals surface area contributed by atoms with E-state index in [-0.39, 0.29) is 12.0 Å². The fourth-order valence-electron chi connectivity index (χ4n) is 1.97. The van der Waals surface area contributed by atoms with Crippen LogP contribution in [0.25, 0.3) is 0 Å². The molecule has 0 aliphatic rings. The molecule has 2 aromatic rings. The van der Waals surface area contributed by atoms with Crippen LogP contribution in [0.1, 0.15) is 26.0 Å². The molecule has 0 saturated heterocycles. The third kappa shape index (κ3) is 5.16. The Morgan fingerprint density at radius 3 is 2.77 bits per heavy atom. The number of nitrogens with one attached hydrogen (secondary N) is 2. The lowest BCUT2D eigenvalue weighted by molar-refractivity contribution is -0.121. The van der Waals surface area contributed by atoms with Gasteiger partial charge in [-0.15, -0.1) is 0 Å². The van der Waals surface area contributed by atoms with Crippen molar-refractivity contribution in [1.29, 1.82) is 0 Å². The monoisotopic (exact) mass is 302 g/mol. The third-order valence-electron chi connectivity index (χ3n) is 2.96. The first-order chi connectivity index (χ1) is 10.6. The van der Waals surface area contributed by atoms with Crippen molar-refractivity contribution in [3.05, 3.63) is 48.4 Å². The number of hydrogen-bond donors (Lipinski definition) is 2. The summed E-state index contributed by atoms with van der Waals surface area (Å²) >= 11 is 0. The standard InChI is InChI=1S/C17H22N2O3/c1-13(2)22-16-8-4-3-7-15(16)18-10-9-17(20)19-12-14-6-5-11-21-14/h3-8,11,13,18H,9-10,12H2,1-2H3,(H,19,20). The Balaban J connectivity index is 1.75. The molecule has 0 unspecified atom stereocenters. The second-order valence-electron chi connectivity index (χ2n) is 5.20. The summed E-state index contributed by atoms with van der Waals surface area (Å²) in [6, 6.07) is 11.4. The molecule has 1 heterocycles. The minimum atomic E-state index is -0.0221. The maximum absolute atomic E-state index is 11.8. The molecule has 0 aliphatic heterocycles. The summed E-state index contributed by atoms with van der Waals surface area (Å²) < 4.78 is 10.9. The summed E-state index contributed by atoms with van der Waals surface area (Å²) in [4.78, 5) is 11.8. The van der Waals surface area contributed by atoms with Gasteiger partial charge in [-0.25, -0.2) is 0 Å². The Hall–Kier alpha value is -2.43. The number of furan rings is 1. The van der Waals surface area contributed by atoms with Crippen molar-refractivity contribution >= 4 is 11.6 Å². The van der Waals surface area contributed by atoms with Crippen LogP contribution in [0.4, 0.5) is 5.69 Å². The van der Waals surface area contributed by atoms with Crippen LogP contribution in [-0.4, -0.2) is 18.6 Å². The van der Waals surface area contributed by atoms with Crippen molar-refractivity contribution in [2.75, 3.05) is 11.9 Å². The van der Waals surface area contributed by atoms with Crippen LogP contribution >= 0.6 is 0 Å². The summed E-state index contributed by atoms with van der Waals surface area (Å²) in [5.74, 6) is 1.52. The average Bonchev–Trinajstić information content (AvgIpc) is 3.00. The second kappa shape index (κ2) is 8.12. The highest BCUT2D eigenvalue weighted by Gasteiger charge is 2.06. The largest absolute Gasteiger partial charge is 0.489 e. The highest BCUT2D eigenvalue weighted by atomic mass is 16.5. The third-order valence-corrected chi connectivity index (χ3v) is 2.96. The molecule has 2 rings (SSSR count). The van der Waals surface area contributed by atoms with Gasteiger partial charge in [0.2, 0.25) is 5.91 Å². The predicted molar refractivity (Wildman–Crippen MR) is 85.9 cm³/mol. The van der Waals surface area contributed by atoms with E-state index in [4.69, 9.17) is 9.15 Å². The number of benzene rings is 1. The zero-order valence-corrected chi connectivity index (χ0v) is 13.0. The molecular weight excluding hydrogens is 280 g/mol. The molecule has 1 aromatic carbocycles. The van der Waals surface area contributed by atoms with E-state index in [2.05, 4.69) is 10.6 Å². The van der Waals surface area contributed by atoms with E-state index < -0.39 is 0 Å². The van der Waals surface area contributed by atoms with E-state index in [1.165, 1.54) is 0 Å². The highest BCUT2D eigenvalue weighted by molar-refractivity contribution is 5.76. The molecule has 2 N–H and O–H groups in total. The van der Waals surface area contributed by atoms with Gasteiger partial charge in [-0.3, -0.25) is 4.79 Å². The molecule has 5 nitrogen and oxygen atoms in total. The summed E-state index contributed by atoms with van der Waals surface area (Å²) in [5.41, 5.74) is 0.898.